The molecular formula is C14H23NO2S. The van der Waals surface area contributed by atoms with E-state index in [1.165, 1.54) is 0 Å². The van der Waals surface area contributed by atoms with Crippen LogP contribution in [0.4, 0.5) is 0 Å². The zero-order chi connectivity index (χ0) is 13.5. The average Bonchev–Trinajstić information content (AvgIpc) is 2.27. The lowest BCUT2D eigenvalue weighted by atomic mass is 10.2. The van der Waals surface area contributed by atoms with Crippen LogP contribution in [0.2, 0.25) is 0 Å². The van der Waals surface area contributed by atoms with Crippen LogP contribution in [0.15, 0.2) is 18.5 Å². The van der Waals surface area contributed by atoms with E-state index in [-0.39, 0.29) is 6.10 Å². The van der Waals surface area contributed by atoms with E-state index < -0.39 is 6.10 Å². The number of thioether (sulfide) groups is 1. The Hall–Kier alpha value is -0.740. The molecule has 3 nitrogen and oxygen atoms in total. The number of nitrogens with zero attached hydrogens (tertiary/aromatic N) is 1. The molecule has 1 rings (SSSR count). The predicted molar refractivity (Wildman–Crippen MR) is 77.1 cm³/mol. The molecule has 0 bridgehead atoms. The molecule has 0 amide bonds. The first-order valence-corrected chi connectivity index (χ1v) is 7.52. The summed E-state index contributed by atoms with van der Waals surface area (Å²) in [6.07, 6.45) is 3.03. The Labute approximate surface area is 114 Å². The number of hydrogen-bond acceptors (Lipinski definition) is 4. The molecule has 0 radical (unpaired) electrons. The molecule has 1 N–H and O–H groups in total. The van der Waals surface area contributed by atoms with Gasteiger partial charge in [-0.1, -0.05) is 13.8 Å². The van der Waals surface area contributed by atoms with Gasteiger partial charge in [0, 0.05) is 17.5 Å². The standard InChI is InChI=1S/C14H23NO2S/c1-10(2)8-18-9-14(16)12-5-13(7-15-6-12)17-11(3)4/h5-7,10-11,14,16H,8-9H2,1-4H3. The number of aliphatic hydroxyl groups is 1. The van der Waals surface area contributed by atoms with Crippen LogP contribution in [0, 0.1) is 5.92 Å². The summed E-state index contributed by atoms with van der Waals surface area (Å²) < 4.78 is 5.57. The summed E-state index contributed by atoms with van der Waals surface area (Å²) in [5.41, 5.74) is 0.824. The Kier molecular flexibility index (Phi) is 6.50. The lowest BCUT2D eigenvalue weighted by Crippen LogP contribution is -2.08. The first kappa shape index (κ1) is 15.3. The second kappa shape index (κ2) is 7.64. The quantitative estimate of drug-likeness (QED) is 0.825. The van der Waals surface area contributed by atoms with E-state index in [1.54, 1.807) is 24.2 Å². The molecule has 0 aromatic carbocycles. The molecule has 0 saturated carbocycles. The molecule has 0 saturated heterocycles. The summed E-state index contributed by atoms with van der Waals surface area (Å²) in [5.74, 6) is 3.13. The van der Waals surface area contributed by atoms with E-state index in [2.05, 4.69) is 18.8 Å². The lowest BCUT2D eigenvalue weighted by Gasteiger charge is -2.14. The zero-order valence-electron chi connectivity index (χ0n) is 11.6. The van der Waals surface area contributed by atoms with Crippen molar-refractivity contribution in [3.05, 3.63) is 24.0 Å². The highest BCUT2D eigenvalue weighted by Crippen LogP contribution is 2.22. The molecule has 0 aliphatic carbocycles. The Morgan fingerprint density at radius 3 is 2.56 bits per heavy atom. The van der Waals surface area contributed by atoms with Crippen LogP contribution in [0.3, 0.4) is 0 Å². The fourth-order valence-electron chi connectivity index (χ4n) is 1.47. The summed E-state index contributed by atoms with van der Waals surface area (Å²) in [5, 5.41) is 10.1. The van der Waals surface area contributed by atoms with Crippen LogP contribution >= 0.6 is 11.8 Å². The number of pyridine rings is 1. The second-order valence-electron chi connectivity index (χ2n) is 5.07. The van der Waals surface area contributed by atoms with Crippen molar-refractivity contribution in [2.45, 2.75) is 39.9 Å². The van der Waals surface area contributed by atoms with Crippen molar-refractivity contribution in [2.75, 3.05) is 11.5 Å². The molecule has 102 valence electrons. The summed E-state index contributed by atoms with van der Waals surface area (Å²) >= 11 is 1.77. The van der Waals surface area contributed by atoms with Gasteiger partial charge in [0.05, 0.1) is 18.4 Å². The number of hydrogen-bond donors (Lipinski definition) is 1. The van der Waals surface area contributed by atoms with Gasteiger partial charge in [0.15, 0.2) is 0 Å². The van der Waals surface area contributed by atoms with Crippen LogP contribution < -0.4 is 4.74 Å². The largest absolute Gasteiger partial charge is 0.489 e. The van der Waals surface area contributed by atoms with Crippen molar-refractivity contribution in [3.63, 3.8) is 0 Å². The number of aromatic nitrogens is 1. The SMILES string of the molecule is CC(C)CSCC(O)c1cncc(OC(C)C)c1. The minimum Gasteiger partial charge on any atom is -0.489 e. The van der Waals surface area contributed by atoms with Gasteiger partial charge < -0.3 is 9.84 Å². The van der Waals surface area contributed by atoms with Gasteiger partial charge in [-0.15, -0.1) is 0 Å². The summed E-state index contributed by atoms with van der Waals surface area (Å²) in [7, 11) is 0. The molecule has 1 aromatic rings. The first-order chi connectivity index (χ1) is 8.49. The molecule has 18 heavy (non-hydrogen) atoms. The molecule has 0 aliphatic heterocycles. The van der Waals surface area contributed by atoms with E-state index >= 15 is 0 Å². The monoisotopic (exact) mass is 269 g/mol. The van der Waals surface area contributed by atoms with Gasteiger partial charge in [-0.2, -0.15) is 11.8 Å². The Morgan fingerprint density at radius 2 is 1.94 bits per heavy atom. The van der Waals surface area contributed by atoms with Crippen molar-refractivity contribution < 1.29 is 9.84 Å². The maximum absolute atomic E-state index is 10.1. The van der Waals surface area contributed by atoms with Crippen molar-refractivity contribution in [3.8, 4) is 5.75 Å². The fraction of sp³-hybridized carbons (Fsp3) is 0.643. The molecular weight excluding hydrogens is 246 g/mol. The highest BCUT2D eigenvalue weighted by Gasteiger charge is 2.10. The van der Waals surface area contributed by atoms with Crippen LogP contribution in [0.25, 0.3) is 0 Å². The Bertz CT molecular complexity index is 355. The molecule has 0 fully saturated rings. The summed E-state index contributed by atoms with van der Waals surface area (Å²) in [6, 6.07) is 1.87. The molecule has 0 spiro atoms. The van der Waals surface area contributed by atoms with E-state index in [4.69, 9.17) is 4.74 Å². The third kappa shape index (κ3) is 5.74. The molecule has 4 heteroatoms. The second-order valence-corrected chi connectivity index (χ2v) is 6.14. The molecule has 1 aromatic heterocycles. The molecule has 1 heterocycles. The van der Waals surface area contributed by atoms with Gasteiger partial charge in [-0.25, -0.2) is 0 Å². The topological polar surface area (TPSA) is 42.4 Å². The fourth-order valence-corrected chi connectivity index (χ4v) is 2.49. The third-order valence-electron chi connectivity index (χ3n) is 2.22. The van der Waals surface area contributed by atoms with Gasteiger partial charge in [0.2, 0.25) is 0 Å². The minimum atomic E-state index is -0.475. The van der Waals surface area contributed by atoms with Crippen molar-refractivity contribution in [2.24, 2.45) is 5.92 Å². The Balaban J connectivity index is 2.54. The number of ether oxygens (including phenoxy) is 1. The Morgan fingerprint density at radius 1 is 1.22 bits per heavy atom. The highest BCUT2D eigenvalue weighted by atomic mass is 32.2. The molecule has 0 aliphatic rings. The average molecular weight is 269 g/mol. The van der Waals surface area contributed by atoms with Crippen LogP contribution in [-0.4, -0.2) is 27.7 Å². The normalized spacial score (nSPS) is 13.1. The molecule has 1 atom stereocenters. The summed E-state index contributed by atoms with van der Waals surface area (Å²) in [6.45, 7) is 8.30. The van der Waals surface area contributed by atoms with Gasteiger partial charge in [0.1, 0.15) is 5.75 Å². The van der Waals surface area contributed by atoms with Crippen LogP contribution in [0.1, 0.15) is 39.4 Å². The van der Waals surface area contributed by atoms with Gasteiger partial charge in [-0.05, 0) is 31.6 Å². The van der Waals surface area contributed by atoms with Gasteiger partial charge in [0.25, 0.3) is 0 Å². The maximum Gasteiger partial charge on any atom is 0.138 e. The third-order valence-corrected chi connectivity index (χ3v) is 3.67. The van der Waals surface area contributed by atoms with Gasteiger partial charge >= 0.3 is 0 Å². The minimum absolute atomic E-state index is 0.120. The van der Waals surface area contributed by atoms with Crippen molar-refractivity contribution in [1.82, 2.24) is 4.98 Å². The zero-order valence-corrected chi connectivity index (χ0v) is 12.4. The van der Waals surface area contributed by atoms with Crippen molar-refractivity contribution in [1.29, 1.82) is 0 Å². The van der Waals surface area contributed by atoms with E-state index in [0.717, 1.165) is 17.1 Å². The van der Waals surface area contributed by atoms with E-state index in [0.29, 0.717) is 11.7 Å². The highest BCUT2D eigenvalue weighted by molar-refractivity contribution is 7.99. The van der Waals surface area contributed by atoms with E-state index in [1.807, 2.05) is 19.9 Å². The lowest BCUT2D eigenvalue weighted by molar-refractivity contribution is 0.201. The number of rotatable bonds is 7. The maximum atomic E-state index is 10.1. The smallest absolute Gasteiger partial charge is 0.138 e. The van der Waals surface area contributed by atoms with Crippen LogP contribution in [-0.2, 0) is 0 Å². The van der Waals surface area contributed by atoms with Crippen LogP contribution in [0.5, 0.6) is 5.75 Å². The van der Waals surface area contributed by atoms with Gasteiger partial charge in [-0.3, -0.25) is 4.98 Å². The predicted octanol–water partition coefficient (Wildman–Crippen LogP) is 3.29. The summed E-state index contributed by atoms with van der Waals surface area (Å²) in [4.78, 5) is 4.11. The van der Waals surface area contributed by atoms with Crippen molar-refractivity contribution >= 4 is 11.8 Å². The molecule has 1 unspecified atom stereocenters. The van der Waals surface area contributed by atoms with E-state index in [9.17, 15) is 5.11 Å². The number of aliphatic hydroxyl groups excluding tert-OH is 1. The first-order valence-electron chi connectivity index (χ1n) is 6.36.